The first-order valence-corrected chi connectivity index (χ1v) is 8.73. The van der Waals surface area contributed by atoms with Crippen molar-refractivity contribution in [3.8, 4) is 0 Å². The number of rotatable bonds is 4. The number of aromatic nitrogens is 2. The summed E-state index contributed by atoms with van der Waals surface area (Å²) < 4.78 is 2.10. The zero-order valence-electron chi connectivity index (χ0n) is 11.5. The Morgan fingerprint density at radius 1 is 1.42 bits per heavy atom. The molecule has 1 unspecified atom stereocenters. The molecule has 0 amide bonds. The number of aliphatic hydroxyl groups excluding tert-OH is 1. The lowest BCUT2D eigenvalue weighted by Crippen LogP contribution is -2.21. The Kier molecular flexibility index (Phi) is 3.93. The fraction of sp³-hybridized carbons (Fsp3) is 0.714. The van der Waals surface area contributed by atoms with Gasteiger partial charge in [-0.25, -0.2) is 9.98 Å². The lowest BCUT2D eigenvalue weighted by molar-refractivity contribution is 0.201. The fourth-order valence-corrected chi connectivity index (χ4v) is 5.61. The third kappa shape index (κ3) is 2.58. The van der Waals surface area contributed by atoms with E-state index in [0.29, 0.717) is 5.92 Å². The Morgan fingerprint density at radius 3 is 2.95 bits per heavy atom. The first kappa shape index (κ1) is 13.2. The van der Waals surface area contributed by atoms with Crippen LogP contribution in [0.4, 0.5) is 5.82 Å². The average Bonchev–Trinajstić information content (AvgIpc) is 2.99. The second-order valence-corrected chi connectivity index (χ2v) is 7.78. The van der Waals surface area contributed by atoms with Gasteiger partial charge in [0.15, 0.2) is 5.82 Å². The standard InChI is InChI=1S/C14H23N3OS/c1-2-13-16-12-9-15-10-17(12)19(13)14(18)8-11-6-4-3-5-7-11/h9-11,14,18-19H,2-8H2,1H3/t14-/m1/s1. The van der Waals surface area contributed by atoms with Crippen molar-refractivity contribution in [1.82, 2.24) is 8.96 Å². The summed E-state index contributed by atoms with van der Waals surface area (Å²) in [5, 5.41) is 11.8. The van der Waals surface area contributed by atoms with E-state index in [-0.39, 0.29) is 5.44 Å². The summed E-state index contributed by atoms with van der Waals surface area (Å²) in [7, 11) is 0. The number of aliphatic hydroxyl groups is 1. The number of nitrogens with zero attached hydrogens (tertiary/aromatic N) is 3. The van der Waals surface area contributed by atoms with Gasteiger partial charge in [0.2, 0.25) is 0 Å². The van der Waals surface area contributed by atoms with E-state index in [9.17, 15) is 5.11 Å². The molecule has 0 saturated heterocycles. The molecule has 106 valence electrons. The summed E-state index contributed by atoms with van der Waals surface area (Å²) in [4.78, 5) is 8.76. The highest BCUT2D eigenvalue weighted by Gasteiger charge is 2.30. The quantitative estimate of drug-likeness (QED) is 0.831. The molecular weight excluding hydrogens is 258 g/mol. The van der Waals surface area contributed by atoms with Crippen molar-refractivity contribution in [1.29, 1.82) is 0 Å². The average molecular weight is 281 g/mol. The Labute approximate surface area is 117 Å². The van der Waals surface area contributed by atoms with Gasteiger partial charge in [0.05, 0.1) is 11.2 Å². The van der Waals surface area contributed by atoms with Gasteiger partial charge >= 0.3 is 0 Å². The molecule has 4 nitrogen and oxygen atoms in total. The number of hydrogen-bond acceptors (Lipinski definition) is 3. The minimum Gasteiger partial charge on any atom is -0.382 e. The van der Waals surface area contributed by atoms with Crippen molar-refractivity contribution in [2.45, 2.75) is 57.3 Å². The highest BCUT2D eigenvalue weighted by Crippen LogP contribution is 2.47. The summed E-state index contributed by atoms with van der Waals surface area (Å²) in [6.07, 6.45) is 12.1. The van der Waals surface area contributed by atoms with Gasteiger partial charge in [-0.3, -0.25) is 3.97 Å². The summed E-state index contributed by atoms with van der Waals surface area (Å²) in [5.41, 5.74) is -0.257. The van der Waals surface area contributed by atoms with Crippen molar-refractivity contribution >= 4 is 21.9 Å². The zero-order chi connectivity index (χ0) is 13.2. The maximum Gasteiger partial charge on any atom is 0.162 e. The molecule has 1 N–H and O–H groups in total. The van der Waals surface area contributed by atoms with Crippen LogP contribution in [0, 0.1) is 5.92 Å². The lowest BCUT2D eigenvalue weighted by atomic mass is 9.87. The van der Waals surface area contributed by atoms with Crippen LogP contribution < -0.4 is 0 Å². The summed E-state index contributed by atoms with van der Waals surface area (Å²) in [5.74, 6) is 1.63. The molecule has 0 bridgehead atoms. The van der Waals surface area contributed by atoms with Crippen LogP contribution >= 0.6 is 11.1 Å². The van der Waals surface area contributed by atoms with Crippen molar-refractivity contribution < 1.29 is 5.11 Å². The molecular formula is C14H23N3OS. The van der Waals surface area contributed by atoms with Crippen LogP contribution in [-0.4, -0.2) is 24.5 Å². The van der Waals surface area contributed by atoms with E-state index in [0.717, 1.165) is 23.7 Å². The molecule has 1 saturated carbocycles. The van der Waals surface area contributed by atoms with Crippen LogP contribution in [0.2, 0.25) is 0 Å². The van der Waals surface area contributed by atoms with Gasteiger partial charge in [0, 0.05) is 0 Å². The minimum absolute atomic E-state index is 0.257. The normalized spacial score (nSPS) is 27.1. The van der Waals surface area contributed by atoms with Gasteiger partial charge in [-0.15, -0.1) is 11.1 Å². The van der Waals surface area contributed by atoms with Gasteiger partial charge in [-0.05, 0) is 18.8 Å². The second kappa shape index (κ2) is 5.67. The van der Waals surface area contributed by atoms with E-state index in [1.807, 2.05) is 6.33 Å². The van der Waals surface area contributed by atoms with Crippen molar-refractivity contribution in [3.05, 3.63) is 12.5 Å². The van der Waals surface area contributed by atoms with Crippen molar-refractivity contribution in [2.75, 3.05) is 0 Å². The molecule has 1 aromatic heterocycles. The molecule has 0 radical (unpaired) electrons. The van der Waals surface area contributed by atoms with Gasteiger partial charge in [0.1, 0.15) is 11.8 Å². The topological polar surface area (TPSA) is 50.4 Å². The molecule has 5 heteroatoms. The Hall–Kier alpha value is -0.810. The SMILES string of the molecule is CCC1=Nc2cncn2[SH]1[C@@H](O)CC1CCCCC1. The van der Waals surface area contributed by atoms with Crippen LogP contribution in [0.25, 0.3) is 0 Å². The minimum atomic E-state index is -0.714. The maximum absolute atomic E-state index is 10.7. The number of aliphatic imine (C=N–C) groups is 1. The van der Waals surface area contributed by atoms with Crippen LogP contribution in [0.3, 0.4) is 0 Å². The van der Waals surface area contributed by atoms with E-state index in [1.54, 1.807) is 6.20 Å². The molecule has 1 aromatic rings. The number of fused-ring (bicyclic) bond motifs is 1. The van der Waals surface area contributed by atoms with E-state index in [4.69, 9.17) is 0 Å². The van der Waals surface area contributed by atoms with Crippen LogP contribution in [-0.2, 0) is 0 Å². The third-order valence-electron chi connectivity index (χ3n) is 4.21. The highest BCUT2D eigenvalue weighted by atomic mass is 32.2. The van der Waals surface area contributed by atoms with Crippen LogP contribution in [0.15, 0.2) is 17.5 Å². The smallest absolute Gasteiger partial charge is 0.162 e. The predicted octanol–water partition coefficient (Wildman–Crippen LogP) is 3.39. The van der Waals surface area contributed by atoms with Gasteiger partial charge in [-0.2, -0.15) is 0 Å². The Bertz CT molecular complexity index is 465. The molecule has 1 aliphatic heterocycles. The number of thiol groups is 1. The first-order valence-electron chi connectivity index (χ1n) is 7.37. The van der Waals surface area contributed by atoms with Gasteiger partial charge < -0.3 is 5.11 Å². The lowest BCUT2D eigenvalue weighted by Gasteiger charge is -2.30. The summed E-state index contributed by atoms with van der Waals surface area (Å²) >= 11 is -0.714. The van der Waals surface area contributed by atoms with Gasteiger partial charge in [-0.1, -0.05) is 39.0 Å². The molecule has 2 aliphatic rings. The number of hydrogen-bond donors (Lipinski definition) is 2. The summed E-state index contributed by atoms with van der Waals surface area (Å²) in [6, 6.07) is 0. The largest absolute Gasteiger partial charge is 0.382 e. The molecule has 0 spiro atoms. The first-order chi connectivity index (χ1) is 9.29. The Morgan fingerprint density at radius 2 is 2.21 bits per heavy atom. The second-order valence-electron chi connectivity index (χ2n) is 5.54. The highest BCUT2D eigenvalue weighted by molar-refractivity contribution is 8.29. The molecule has 0 aromatic carbocycles. The molecule has 19 heavy (non-hydrogen) atoms. The van der Waals surface area contributed by atoms with Crippen LogP contribution in [0.5, 0.6) is 0 Å². The van der Waals surface area contributed by atoms with Crippen molar-refractivity contribution in [3.63, 3.8) is 0 Å². The van der Waals surface area contributed by atoms with Crippen molar-refractivity contribution in [2.24, 2.45) is 10.9 Å². The molecule has 2 heterocycles. The number of imidazole rings is 1. The van der Waals surface area contributed by atoms with E-state index < -0.39 is 11.1 Å². The fourth-order valence-electron chi connectivity index (χ4n) is 3.21. The zero-order valence-corrected chi connectivity index (χ0v) is 12.4. The summed E-state index contributed by atoms with van der Waals surface area (Å²) in [6.45, 7) is 2.13. The Balaban J connectivity index is 1.72. The van der Waals surface area contributed by atoms with E-state index in [2.05, 4.69) is 20.9 Å². The third-order valence-corrected chi connectivity index (χ3v) is 6.70. The molecule has 1 fully saturated rings. The van der Waals surface area contributed by atoms with E-state index >= 15 is 0 Å². The molecule has 3 rings (SSSR count). The maximum atomic E-state index is 10.7. The monoisotopic (exact) mass is 281 g/mol. The molecule has 2 atom stereocenters. The van der Waals surface area contributed by atoms with Crippen LogP contribution in [0.1, 0.15) is 51.9 Å². The predicted molar refractivity (Wildman–Crippen MR) is 81.2 cm³/mol. The van der Waals surface area contributed by atoms with E-state index in [1.165, 1.54) is 32.1 Å². The van der Waals surface area contributed by atoms with Gasteiger partial charge in [0.25, 0.3) is 0 Å². The molecule has 1 aliphatic carbocycles.